The molecule has 0 spiro atoms. The zero-order valence-electron chi connectivity index (χ0n) is 13.0. The van der Waals surface area contributed by atoms with Crippen LogP contribution in [0.1, 0.15) is 40.5 Å². The quantitative estimate of drug-likeness (QED) is 0.761. The molecular formula is C14H24N2O5. The number of aliphatic carboxylic acids is 1. The van der Waals surface area contributed by atoms with Crippen LogP contribution in [0.25, 0.3) is 0 Å². The summed E-state index contributed by atoms with van der Waals surface area (Å²) >= 11 is 0. The van der Waals surface area contributed by atoms with Crippen molar-refractivity contribution in [3.05, 3.63) is 0 Å². The van der Waals surface area contributed by atoms with E-state index in [1.165, 1.54) is 4.90 Å². The van der Waals surface area contributed by atoms with E-state index < -0.39 is 35.5 Å². The topological polar surface area (TPSA) is 95.9 Å². The molecular weight excluding hydrogens is 276 g/mol. The number of nitrogens with one attached hydrogen (secondary N) is 1. The Hall–Kier alpha value is -1.79. The van der Waals surface area contributed by atoms with Gasteiger partial charge in [0.1, 0.15) is 12.1 Å². The Bertz CT molecular complexity index is 416. The molecule has 120 valence electrons. The highest BCUT2D eigenvalue weighted by molar-refractivity contribution is 5.87. The molecule has 0 bridgehead atoms. The Morgan fingerprint density at radius 2 is 2.00 bits per heavy atom. The molecule has 7 heteroatoms. The number of ether oxygens (including phenoxy) is 1. The molecule has 0 radical (unpaired) electrons. The van der Waals surface area contributed by atoms with Crippen molar-refractivity contribution in [3.63, 3.8) is 0 Å². The summed E-state index contributed by atoms with van der Waals surface area (Å²) in [5.74, 6) is -1.53. The highest BCUT2D eigenvalue weighted by Gasteiger charge is 2.39. The molecule has 1 heterocycles. The first-order valence-electron chi connectivity index (χ1n) is 7.15. The number of rotatable bonds is 4. The first-order chi connectivity index (χ1) is 9.68. The third kappa shape index (κ3) is 4.34. The predicted octanol–water partition coefficient (Wildman–Crippen LogP) is 1.22. The molecule has 2 N–H and O–H groups in total. The molecule has 0 aliphatic carbocycles. The van der Waals surface area contributed by atoms with Gasteiger partial charge in [-0.15, -0.1) is 0 Å². The molecule has 0 aromatic carbocycles. The Morgan fingerprint density at radius 1 is 1.38 bits per heavy atom. The SMILES string of the molecule is CCOC(=O)C1CCCN1C(=O)N[C@H](C(=O)O)C(C)(C)C. The summed E-state index contributed by atoms with van der Waals surface area (Å²) in [5.41, 5.74) is -0.624. The lowest BCUT2D eigenvalue weighted by atomic mass is 9.87. The number of nitrogens with zero attached hydrogens (tertiary/aromatic N) is 1. The summed E-state index contributed by atoms with van der Waals surface area (Å²) in [6, 6.07) is -2.18. The third-order valence-corrected chi connectivity index (χ3v) is 3.45. The molecule has 7 nitrogen and oxygen atoms in total. The van der Waals surface area contributed by atoms with Crippen LogP contribution in [0.3, 0.4) is 0 Å². The first-order valence-corrected chi connectivity index (χ1v) is 7.15. The number of carbonyl (C=O) groups is 3. The van der Waals surface area contributed by atoms with Crippen LogP contribution in [0.4, 0.5) is 4.79 Å². The van der Waals surface area contributed by atoms with E-state index in [0.29, 0.717) is 19.4 Å². The zero-order valence-corrected chi connectivity index (χ0v) is 13.0. The molecule has 1 unspecified atom stereocenters. The van der Waals surface area contributed by atoms with Crippen molar-refractivity contribution < 1.29 is 24.2 Å². The minimum absolute atomic E-state index is 0.254. The normalized spacial score (nSPS) is 20.0. The van der Waals surface area contributed by atoms with E-state index >= 15 is 0 Å². The summed E-state index contributed by atoms with van der Waals surface area (Å²) in [5, 5.41) is 11.7. The number of amides is 2. The largest absolute Gasteiger partial charge is 0.480 e. The Kier molecular flexibility index (Phi) is 5.57. The van der Waals surface area contributed by atoms with Crippen LogP contribution in [0.5, 0.6) is 0 Å². The van der Waals surface area contributed by atoms with E-state index in [1.807, 2.05) is 0 Å². The van der Waals surface area contributed by atoms with E-state index in [4.69, 9.17) is 4.74 Å². The minimum atomic E-state index is -1.09. The van der Waals surface area contributed by atoms with Crippen LogP contribution < -0.4 is 5.32 Å². The molecule has 1 fully saturated rings. The van der Waals surface area contributed by atoms with Gasteiger partial charge in [0, 0.05) is 6.54 Å². The molecule has 0 aromatic heterocycles. The highest BCUT2D eigenvalue weighted by Crippen LogP contribution is 2.22. The maximum atomic E-state index is 12.3. The number of hydrogen-bond donors (Lipinski definition) is 2. The van der Waals surface area contributed by atoms with Gasteiger partial charge in [0.25, 0.3) is 0 Å². The molecule has 0 saturated carbocycles. The summed E-state index contributed by atoms with van der Waals surface area (Å²) in [6.07, 6.45) is 1.24. The summed E-state index contributed by atoms with van der Waals surface area (Å²) < 4.78 is 4.95. The lowest BCUT2D eigenvalue weighted by Gasteiger charge is -2.31. The number of carboxylic acids is 1. The van der Waals surface area contributed by atoms with Crippen molar-refractivity contribution in [1.29, 1.82) is 0 Å². The molecule has 2 amide bonds. The van der Waals surface area contributed by atoms with Crippen molar-refractivity contribution in [1.82, 2.24) is 10.2 Å². The second-order valence-corrected chi connectivity index (χ2v) is 6.19. The first kappa shape index (κ1) is 17.3. The van der Waals surface area contributed by atoms with Gasteiger partial charge in [-0.2, -0.15) is 0 Å². The van der Waals surface area contributed by atoms with E-state index in [-0.39, 0.29) is 6.61 Å². The van der Waals surface area contributed by atoms with Crippen LogP contribution >= 0.6 is 0 Å². The van der Waals surface area contributed by atoms with Crippen LogP contribution in [0.15, 0.2) is 0 Å². The number of carboxylic acid groups (broad SMARTS) is 1. The van der Waals surface area contributed by atoms with Gasteiger partial charge < -0.3 is 20.1 Å². The van der Waals surface area contributed by atoms with Crippen LogP contribution in [0.2, 0.25) is 0 Å². The number of hydrogen-bond acceptors (Lipinski definition) is 4. The fraction of sp³-hybridized carbons (Fsp3) is 0.786. The van der Waals surface area contributed by atoms with Gasteiger partial charge in [0.15, 0.2) is 0 Å². The van der Waals surface area contributed by atoms with Gasteiger partial charge in [-0.05, 0) is 25.2 Å². The van der Waals surface area contributed by atoms with E-state index in [1.54, 1.807) is 27.7 Å². The molecule has 1 saturated heterocycles. The van der Waals surface area contributed by atoms with Crippen molar-refractivity contribution in [2.45, 2.75) is 52.6 Å². The number of esters is 1. The summed E-state index contributed by atoms with van der Waals surface area (Å²) in [4.78, 5) is 36.7. The Balaban J connectivity index is 2.77. The summed E-state index contributed by atoms with van der Waals surface area (Å²) in [7, 11) is 0. The highest BCUT2D eigenvalue weighted by atomic mass is 16.5. The molecule has 1 aliphatic rings. The minimum Gasteiger partial charge on any atom is -0.480 e. The van der Waals surface area contributed by atoms with Crippen LogP contribution in [0, 0.1) is 5.41 Å². The van der Waals surface area contributed by atoms with Gasteiger partial charge in [-0.25, -0.2) is 14.4 Å². The standard InChI is InChI=1S/C14H24N2O5/c1-5-21-12(19)9-7-6-8-16(9)13(20)15-10(11(17)18)14(2,3)4/h9-10H,5-8H2,1-4H3,(H,15,20)(H,17,18)/t9?,10-/m1/s1. The predicted molar refractivity (Wildman–Crippen MR) is 75.8 cm³/mol. The molecule has 2 atom stereocenters. The Morgan fingerprint density at radius 3 is 2.48 bits per heavy atom. The Labute approximate surface area is 124 Å². The van der Waals surface area contributed by atoms with E-state index in [9.17, 15) is 19.5 Å². The average molecular weight is 300 g/mol. The van der Waals surface area contributed by atoms with Crippen LogP contribution in [-0.2, 0) is 14.3 Å². The second-order valence-electron chi connectivity index (χ2n) is 6.19. The number of urea groups is 1. The van der Waals surface area contributed by atoms with Gasteiger partial charge in [0.2, 0.25) is 0 Å². The average Bonchev–Trinajstić information content (AvgIpc) is 2.83. The smallest absolute Gasteiger partial charge is 0.328 e. The fourth-order valence-electron chi connectivity index (χ4n) is 2.35. The van der Waals surface area contributed by atoms with Crippen molar-refractivity contribution in [2.24, 2.45) is 5.41 Å². The van der Waals surface area contributed by atoms with Gasteiger partial charge in [0.05, 0.1) is 6.61 Å². The zero-order chi connectivity index (χ0) is 16.2. The lowest BCUT2D eigenvalue weighted by Crippen LogP contribution is -2.55. The van der Waals surface area contributed by atoms with Crippen LogP contribution in [-0.4, -0.2) is 53.2 Å². The third-order valence-electron chi connectivity index (χ3n) is 3.45. The molecule has 0 aromatic rings. The van der Waals surface area contributed by atoms with Crippen molar-refractivity contribution in [3.8, 4) is 0 Å². The van der Waals surface area contributed by atoms with Gasteiger partial charge >= 0.3 is 18.0 Å². The lowest BCUT2D eigenvalue weighted by molar-refractivity contribution is -0.147. The molecule has 1 rings (SSSR count). The molecule has 1 aliphatic heterocycles. The second kappa shape index (κ2) is 6.78. The van der Waals surface area contributed by atoms with Crippen molar-refractivity contribution >= 4 is 18.0 Å². The number of carbonyl (C=O) groups excluding carboxylic acids is 2. The van der Waals surface area contributed by atoms with E-state index in [0.717, 1.165) is 0 Å². The van der Waals surface area contributed by atoms with Gasteiger partial charge in [-0.1, -0.05) is 20.8 Å². The number of likely N-dealkylation sites (tertiary alicyclic amines) is 1. The van der Waals surface area contributed by atoms with Gasteiger partial charge in [-0.3, -0.25) is 0 Å². The van der Waals surface area contributed by atoms with Crippen molar-refractivity contribution in [2.75, 3.05) is 13.2 Å². The maximum Gasteiger partial charge on any atom is 0.328 e. The fourth-order valence-corrected chi connectivity index (χ4v) is 2.35. The molecule has 21 heavy (non-hydrogen) atoms. The van der Waals surface area contributed by atoms with E-state index in [2.05, 4.69) is 5.32 Å². The maximum absolute atomic E-state index is 12.3. The monoisotopic (exact) mass is 300 g/mol. The summed E-state index contributed by atoms with van der Waals surface area (Å²) in [6.45, 7) is 7.59.